The molecule has 1 aromatic carbocycles. The van der Waals surface area contributed by atoms with Gasteiger partial charge in [0.15, 0.2) is 11.4 Å². The van der Waals surface area contributed by atoms with Crippen LogP contribution in [0.3, 0.4) is 0 Å². The molecule has 0 radical (unpaired) electrons. The van der Waals surface area contributed by atoms with Gasteiger partial charge >= 0.3 is 0 Å². The molecule has 1 heterocycles. The molecule has 0 saturated heterocycles. The van der Waals surface area contributed by atoms with E-state index in [2.05, 4.69) is 5.32 Å². The molecule has 2 aromatic rings. The molecule has 0 saturated carbocycles. The zero-order valence-electron chi connectivity index (χ0n) is 9.86. The topological polar surface area (TPSA) is 25.2 Å². The van der Waals surface area contributed by atoms with Gasteiger partial charge in [-0.15, -0.1) is 0 Å². The van der Waals surface area contributed by atoms with Crippen molar-refractivity contribution in [2.45, 2.75) is 27.3 Å². The van der Waals surface area contributed by atoms with Crippen LogP contribution >= 0.6 is 0 Å². The van der Waals surface area contributed by atoms with Crippen molar-refractivity contribution < 1.29 is 8.81 Å². The summed E-state index contributed by atoms with van der Waals surface area (Å²) in [4.78, 5) is 0. The van der Waals surface area contributed by atoms with Crippen molar-refractivity contribution in [3.8, 4) is 0 Å². The highest BCUT2D eigenvalue weighted by molar-refractivity contribution is 5.83. The summed E-state index contributed by atoms with van der Waals surface area (Å²) >= 11 is 0. The Morgan fingerprint density at radius 2 is 2.06 bits per heavy atom. The summed E-state index contributed by atoms with van der Waals surface area (Å²) in [6.45, 7) is 7.26. The minimum Gasteiger partial charge on any atom is -0.456 e. The van der Waals surface area contributed by atoms with E-state index in [1.807, 2.05) is 19.9 Å². The predicted molar refractivity (Wildman–Crippen MR) is 63.0 cm³/mol. The Labute approximate surface area is 94.4 Å². The van der Waals surface area contributed by atoms with Gasteiger partial charge in [0.05, 0.1) is 6.54 Å². The lowest BCUT2D eigenvalue weighted by Gasteiger charge is -1.97. The molecule has 0 fully saturated rings. The van der Waals surface area contributed by atoms with Crippen LogP contribution in [0.5, 0.6) is 0 Å². The quantitative estimate of drug-likeness (QED) is 0.860. The van der Waals surface area contributed by atoms with Crippen LogP contribution in [0.25, 0.3) is 11.0 Å². The first-order valence-corrected chi connectivity index (χ1v) is 5.53. The smallest absolute Gasteiger partial charge is 0.170 e. The zero-order valence-corrected chi connectivity index (χ0v) is 9.86. The number of rotatable bonds is 3. The molecule has 0 aliphatic carbocycles. The van der Waals surface area contributed by atoms with Gasteiger partial charge in [-0.25, -0.2) is 4.39 Å². The second kappa shape index (κ2) is 4.26. The summed E-state index contributed by atoms with van der Waals surface area (Å²) in [5.41, 5.74) is 2.02. The molecule has 0 spiro atoms. The maximum Gasteiger partial charge on any atom is 0.170 e. The maximum atomic E-state index is 13.8. The highest BCUT2D eigenvalue weighted by atomic mass is 19.1. The second-order valence-corrected chi connectivity index (χ2v) is 4.00. The minimum absolute atomic E-state index is 0.247. The van der Waals surface area contributed by atoms with Gasteiger partial charge in [0.1, 0.15) is 5.76 Å². The molecule has 2 nitrogen and oxygen atoms in total. The van der Waals surface area contributed by atoms with Crippen LogP contribution < -0.4 is 5.32 Å². The van der Waals surface area contributed by atoms with Crippen molar-refractivity contribution in [2.75, 3.05) is 6.54 Å². The fourth-order valence-electron chi connectivity index (χ4n) is 1.81. The van der Waals surface area contributed by atoms with Crippen molar-refractivity contribution in [1.29, 1.82) is 0 Å². The first-order valence-electron chi connectivity index (χ1n) is 5.53. The predicted octanol–water partition coefficient (Wildman–Crippen LogP) is 3.30. The first kappa shape index (κ1) is 11.1. The van der Waals surface area contributed by atoms with Gasteiger partial charge in [-0.05, 0) is 31.5 Å². The van der Waals surface area contributed by atoms with Gasteiger partial charge in [0.2, 0.25) is 0 Å². The molecule has 0 unspecified atom stereocenters. The highest BCUT2D eigenvalue weighted by Crippen LogP contribution is 2.28. The van der Waals surface area contributed by atoms with Crippen LogP contribution in [-0.2, 0) is 6.54 Å². The van der Waals surface area contributed by atoms with E-state index < -0.39 is 0 Å². The van der Waals surface area contributed by atoms with Crippen LogP contribution in [0, 0.1) is 19.7 Å². The van der Waals surface area contributed by atoms with Crippen molar-refractivity contribution in [3.63, 3.8) is 0 Å². The van der Waals surface area contributed by atoms with Crippen LogP contribution in [0.15, 0.2) is 16.5 Å². The monoisotopic (exact) mass is 221 g/mol. The Kier molecular flexibility index (Phi) is 2.97. The van der Waals surface area contributed by atoms with Crippen molar-refractivity contribution >= 4 is 11.0 Å². The van der Waals surface area contributed by atoms with E-state index in [4.69, 9.17) is 4.42 Å². The summed E-state index contributed by atoms with van der Waals surface area (Å²) in [6.07, 6.45) is 0. The molecular formula is C13H16FNO. The van der Waals surface area contributed by atoms with Gasteiger partial charge in [-0.1, -0.05) is 19.1 Å². The normalized spacial score (nSPS) is 11.2. The van der Waals surface area contributed by atoms with E-state index in [0.717, 1.165) is 23.3 Å². The molecule has 1 aromatic heterocycles. The van der Waals surface area contributed by atoms with Crippen LogP contribution in [0.1, 0.15) is 23.8 Å². The molecule has 16 heavy (non-hydrogen) atoms. The Hall–Kier alpha value is -1.35. The summed E-state index contributed by atoms with van der Waals surface area (Å²) in [5, 5.41) is 4.06. The van der Waals surface area contributed by atoms with Gasteiger partial charge in [0, 0.05) is 5.39 Å². The molecule has 0 atom stereocenters. The van der Waals surface area contributed by atoms with Crippen LogP contribution in [0.2, 0.25) is 0 Å². The molecule has 1 N–H and O–H groups in total. The Balaban J connectivity index is 2.54. The number of furan rings is 1. The molecule has 86 valence electrons. The zero-order chi connectivity index (χ0) is 11.7. The number of fused-ring (bicyclic) bond motifs is 1. The van der Waals surface area contributed by atoms with Crippen molar-refractivity contribution in [2.24, 2.45) is 0 Å². The summed E-state index contributed by atoms with van der Waals surface area (Å²) < 4.78 is 19.4. The van der Waals surface area contributed by atoms with E-state index >= 15 is 0 Å². The molecule has 3 heteroatoms. The number of nitrogens with one attached hydrogen (secondary N) is 1. The third-order valence-electron chi connectivity index (χ3n) is 2.87. The molecule has 0 aliphatic rings. The number of hydrogen-bond donors (Lipinski definition) is 1. The lowest BCUT2D eigenvalue weighted by Crippen LogP contribution is -2.11. The van der Waals surface area contributed by atoms with E-state index in [1.54, 1.807) is 13.0 Å². The first-order chi connectivity index (χ1) is 7.65. The maximum absolute atomic E-state index is 13.8. The summed E-state index contributed by atoms with van der Waals surface area (Å²) in [5.74, 6) is 0.574. The van der Waals surface area contributed by atoms with Gasteiger partial charge in [-0.3, -0.25) is 0 Å². The number of benzene rings is 1. The Morgan fingerprint density at radius 3 is 2.75 bits per heavy atom. The van der Waals surface area contributed by atoms with E-state index in [0.29, 0.717) is 17.7 Å². The van der Waals surface area contributed by atoms with Crippen LogP contribution in [0.4, 0.5) is 4.39 Å². The van der Waals surface area contributed by atoms with Gasteiger partial charge in [-0.2, -0.15) is 0 Å². The third kappa shape index (κ3) is 1.71. The molecule has 2 rings (SSSR count). The van der Waals surface area contributed by atoms with Gasteiger partial charge < -0.3 is 9.73 Å². The Morgan fingerprint density at radius 1 is 1.31 bits per heavy atom. The number of hydrogen-bond acceptors (Lipinski definition) is 2. The van der Waals surface area contributed by atoms with Crippen molar-refractivity contribution in [1.82, 2.24) is 5.32 Å². The Bertz CT molecular complexity index is 516. The van der Waals surface area contributed by atoms with Crippen molar-refractivity contribution in [3.05, 3.63) is 34.8 Å². The molecule has 0 bridgehead atoms. The van der Waals surface area contributed by atoms with Gasteiger partial charge in [0.25, 0.3) is 0 Å². The number of halogens is 1. The third-order valence-corrected chi connectivity index (χ3v) is 2.87. The average molecular weight is 221 g/mol. The number of aryl methyl sites for hydroxylation is 2. The summed E-state index contributed by atoms with van der Waals surface area (Å²) in [7, 11) is 0. The molecular weight excluding hydrogens is 205 g/mol. The highest BCUT2D eigenvalue weighted by Gasteiger charge is 2.14. The average Bonchev–Trinajstić information content (AvgIpc) is 2.59. The second-order valence-electron chi connectivity index (χ2n) is 4.00. The van der Waals surface area contributed by atoms with E-state index in [-0.39, 0.29) is 5.82 Å². The fraction of sp³-hybridized carbons (Fsp3) is 0.385. The SMILES string of the molecule is CCNCc1oc2c(F)c(C)ccc2c1C. The lowest BCUT2D eigenvalue weighted by atomic mass is 10.1. The molecule has 0 amide bonds. The lowest BCUT2D eigenvalue weighted by molar-refractivity contribution is 0.495. The fourth-order valence-corrected chi connectivity index (χ4v) is 1.81. The standard InChI is InChI=1S/C13H16FNO/c1-4-15-7-11-9(3)10-6-5-8(2)12(14)13(10)16-11/h5-6,15H,4,7H2,1-3H3. The largest absolute Gasteiger partial charge is 0.456 e. The minimum atomic E-state index is -0.247. The van der Waals surface area contributed by atoms with Crippen LogP contribution in [-0.4, -0.2) is 6.54 Å². The van der Waals surface area contributed by atoms with E-state index in [9.17, 15) is 4.39 Å². The summed E-state index contributed by atoms with van der Waals surface area (Å²) in [6, 6.07) is 3.71. The van der Waals surface area contributed by atoms with E-state index in [1.165, 1.54) is 0 Å². The molecule has 0 aliphatic heterocycles.